The van der Waals surface area contributed by atoms with Gasteiger partial charge in [0.1, 0.15) is 11.9 Å². The van der Waals surface area contributed by atoms with Crippen LogP contribution >= 0.6 is 0 Å². The van der Waals surface area contributed by atoms with Gasteiger partial charge in [0, 0.05) is 24.2 Å². The number of nitro benzene ring substituents is 1. The molecule has 1 aromatic rings. The first-order chi connectivity index (χ1) is 8.86. The van der Waals surface area contributed by atoms with Crippen LogP contribution in [0, 0.1) is 21.7 Å². The molecule has 0 amide bonds. The van der Waals surface area contributed by atoms with Crippen molar-refractivity contribution < 1.29 is 23.2 Å². The molecule has 104 valence electrons. The first-order valence-corrected chi connectivity index (χ1v) is 5.30. The van der Waals surface area contributed by atoms with Crippen LogP contribution in [0.4, 0.5) is 14.5 Å². The molecule has 0 radical (unpaired) electrons. The van der Waals surface area contributed by atoms with Gasteiger partial charge in [-0.2, -0.15) is 4.39 Å². The van der Waals surface area contributed by atoms with Gasteiger partial charge < -0.3 is 10.1 Å². The minimum absolute atomic E-state index is 0.108. The van der Waals surface area contributed by atoms with E-state index < -0.39 is 34.3 Å². The van der Waals surface area contributed by atoms with Gasteiger partial charge in [-0.05, 0) is 6.92 Å². The van der Waals surface area contributed by atoms with Crippen molar-refractivity contribution in [3.8, 4) is 0 Å². The van der Waals surface area contributed by atoms with Crippen LogP contribution in [0.15, 0.2) is 12.1 Å². The topological polar surface area (TPSA) is 81.5 Å². The number of hydrogen-bond acceptors (Lipinski definition) is 5. The maximum Gasteiger partial charge on any atom is 0.322 e. The summed E-state index contributed by atoms with van der Waals surface area (Å²) in [6.07, 6.45) is 0. The van der Waals surface area contributed by atoms with Crippen molar-refractivity contribution in [2.24, 2.45) is 0 Å². The van der Waals surface area contributed by atoms with Gasteiger partial charge in [-0.1, -0.05) is 0 Å². The fraction of sp³-hybridized carbons (Fsp3) is 0.364. The van der Waals surface area contributed by atoms with Gasteiger partial charge in [-0.3, -0.25) is 14.9 Å². The summed E-state index contributed by atoms with van der Waals surface area (Å²) >= 11 is 0. The van der Waals surface area contributed by atoms with Gasteiger partial charge in [0.25, 0.3) is 0 Å². The molecule has 1 N–H and O–H groups in total. The van der Waals surface area contributed by atoms with Crippen molar-refractivity contribution in [2.45, 2.75) is 19.5 Å². The third kappa shape index (κ3) is 3.68. The zero-order valence-electron chi connectivity index (χ0n) is 10.3. The second kappa shape index (κ2) is 6.19. The zero-order valence-corrected chi connectivity index (χ0v) is 10.3. The van der Waals surface area contributed by atoms with E-state index in [0.717, 1.165) is 6.07 Å². The van der Waals surface area contributed by atoms with Crippen LogP contribution in [-0.2, 0) is 16.1 Å². The van der Waals surface area contributed by atoms with Crippen LogP contribution in [0.3, 0.4) is 0 Å². The highest BCUT2D eigenvalue weighted by Crippen LogP contribution is 2.21. The standard InChI is InChI=1S/C11H12F2N2O4/c1-6(11(16)19-2)14-5-7-3-10(15(17)18)9(13)4-8(7)12/h3-4,6,14H,5H2,1-2H3/t6-/m0/s1. The smallest absolute Gasteiger partial charge is 0.322 e. The molecule has 0 fully saturated rings. The van der Waals surface area contributed by atoms with Crippen molar-refractivity contribution >= 4 is 11.7 Å². The molecule has 0 unspecified atom stereocenters. The number of methoxy groups -OCH3 is 1. The number of rotatable bonds is 5. The average Bonchev–Trinajstić information content (AvgIpc) is 2.35. The van der Waals surface area contributed by atoms with E-state index in [4.69, 9.17) is 0 Å². The first kappa shape index (κ1) is 15.0. The van der Waals surface area contributed by atoms with E-state index in [0.29, 0.717) is 6.07 Å². The molecule has 6 nitrogen and oxygen atoms in total. The lowest BCUT2D eigenvalue weighted by atomic mass is 10.1. The van der Waals surface area contributed by atoms with E-state index in [1.54, 1.807) is 0 Å². The number of esters is 1. The molecule has 19 heavy (non-hydrogen) atoms. The summed E-state index contributed by atoms with van der Waals surface area (Å²) in [6.45, 7) is 1.32. The Morgan fingerprint density at radius 1 is 1.47 bits per heavy atom. The molecule has 0 spiro atoms. The normalized spacial score (nSPS) is 12.0. The SMILES string of the molecule is COC(=O)[C@H](C)NCc1cc([N+](=O)[O-])c(F)cc1F. The molecular formula is C11H12F2N2O4. The Balaban J connectivity index is 2.87. The lowest BCUT2D eigenvalue weighted by Gasteiger charge is -2.11. The van der Waals surface area contributed by atoms with Crippen LogP contribution in [0.5, 0.6) is 0 Å². The van der Waals surface area contributed by atoms with Crippen LogP contribution in [-0.4, -0.2) is 24.0 Å². The Morgan fingerprint density at radius 3 is 2.63 bits per heavy atom. The fourth-order valence-corrected chi connectivity index (χ4v) is 1.38. The molecular weight excluding hydrogens is 262 g/mol. The quantitative estimate of drug-likeness (QED) is 0.500. The molecule has 1 rings (SSSR count). The van der Waals surface area contributed by atoms with Gasteiger partial charge in [-0.25, -0.2) is 4.39 Å². The number of benzene rings is 1. The van der Waals surface area contributed by atoms with Crippen LogP contribution in [0.25, 0.3) is 0 Å². The Morgan fingerprint density at radius 2 is 2.11 bits per heavy atom. The molecule has 0 saturated carbocycles. The van der Waals surface area contributed by atoms with E-state index in [-0.39, 0.29) is 12.1 Å². The van der Waals surface area contributed by atoms with Crippen LogP contribution < -0.4 is 5.32 Å². The van der Waals surface area contributed by atoms with Gasteiger partial charge in [-0.15, -0.1) is 0 Å². The number of hydrogen-bond donors (Lipinski definition) is 1. The van der Waals surface area contributed by atoms with E-state index in [2.05, 4.69) is 10.1 Å². The van der Waals surface area contributed by atoms with E-state index >= 15 is 0 Å². The van der Waals surface area contributed by atoms with Crippen molar-refractivity contribution in [2.75, 3.05) is 7.11 Å². The van der Waals surface area contributed by atoms with Crippen molar-refractivity contribution in [1.82, 2.24) is 5.32 Å². The minimum atomic E-state index is -1.24. The predicted molar refractivity (Wildman–Crippen MR) is 61.3 cm³/mol. The number of nitrogens with one attached hydrogen (secondary N) is 1. The molecule has 0 aliphatic heterocycles. The lowest BCUT2D eigenvalue weighted by molar-refractivity contribution is -0.387. The summed E-state index contributed by atoms with van der Waals surface area (Å²) in [4.78, 5) is 20.7. The Labute approximate surface area is 107 Å². The lowest BCUT2D eigenvalue weighted by Crippen LogP contribution is -2.34. The highest BCUT2D eigenvalue weighted by molar-refractivity contribution is 5.75. The molecule has 1 atom stereocenters. The largest absolute Gasteiger partial charge is 0.468 e. The first-order valence-electron chi connectivity index (χ1n) is 5.30. The summed E-state index contributed by atoms with van der Waals surface area (Å²) in [5.41, 5.74) is -0.923. The fourth-order valence-electron chi connectivity index (χ4n) is 1.38. The molecule has 0 aliphatic rings. The van der Waals surface area contributed by atoms with Crippen molar-refractivity contribution in [3.63, 3.8) is 0 Å². The predicted octanol–water partition coefficient (Wildman–Crippen LogP) is 1.52. The third-order valence-corrected chi connectivity index (χ3v) is 2.47. The Bertz CT molecular complexity index is 508. The molecule has 8 heteroatoms. The second-order valence-corrected chi connectivity index (χ2v) is 3.78. The number of carbonyl (C=O) groups excluding carboxylic acids is 1. The number of carbonyl (C=O) groups is 1. The van der Waals surface area contributed by atoms with Gasteiger partial charge in [0.2, 0.25) is 5.82 Å². The molecule has 0 saturated heterocycles. The monoisotopic (exact) mass is 274 g/mol. The maximum absolute atomic E-state index is 13.4. The molecule has 0 bridgehead atoms. The summed E-state index contributed by atoms with van der Waals surface area (Å²) in [7, 11) is 1.20. The maximum atomic E-state index is 13.4. The summed E-state index contributed by atoms with van der Waals surface area (Å²) in [6, 6.07) is 0.521. The van der Waals surface area contributed by atoms with E-state index in [9.17, 15) is 23.7 Å². The van der Waals surface area contributed by atoms with Crippen LogP contribution in [0.1, 0.15) is 12.5 Å². The summed E-state index contributed by atoms with van der Waals surface area (Å²) < 4.78 is 30.9. The number of nitrogens with zero attached hydrogens (tertiary/aromatic N) is 1. The second-order valence-electron chi connectivity index (χ2n) is 3.78. The molecule has 0 aromatic heterocycles. The Hall–Kier alpha value is -2.09. The highest BCUT2D eigenvalue weighted by atomic mass is 19.1. The zero-order chi connectivity index (χ0) is 14.6. The summed E-state index contributed by atoms with van der Waals surface area (Å²) in [5.74, 6) is -2.73. The van der Waals surface area contributed by atoms with Gasteiger partial charge in [0.05, 0.1) is 12.0 Å². The highest BCUT2D eigenvalue weighted by Gasteiger charge is 2.19. The van der Waals surface area contributed by atoms with Crippen molar-refractivity contribution in [3.05, 3.63) is 39.4 Å². The number of ether oxygens (including phenoxy) is 1. The summed E-state index contributed by atoms with van der Waals surface area (Å²) in [5, 5.41) is 13.1. The molecule has 0 heterocycles. The minimum Gasteiger partial charge on any atom is -0.468 e. The van der Waals surface area contributed by atoms with Crippen LogP contribution in [0.2, 0.25) is 0 Å². The van der Waals surface area contributed by atoms with E-state index in [1.807, 2.05) is 0 Å². The van der Waals surface area contributed by atoms with Gasteiger partial charge >= 0.3 is 11.7 Å². The number of nitro groups is 1. The van der Waals surface area contributed by atoms with Crippen molar-refractivity contribution in [1.29, 1.82) is 0 Å². The Kier molecular flexibility index (Phi) is 4.87. The van der Waals surface area contributed by atoms with E-state index in [1.165, 1.54) is 14.0 Å². The molecule has 1 aromatic carbocycles. The molecule has 0 aliphatic carbocycles. The number of halogens is 2. The third-order valence-electron chi connectivity index (χ3n) is 2.47. The average molecular weight is 274 g/mol. The van der Waals surface area contributed by atoms with Gasteiger partial charge in [0.15, 0.2) is 0 Å².